The lowest BCUT2D eigenvalue weighted by Gasteiger charge is -2.40. The largest absolute Gasteiger partial charge is 0.457 e. The second-order valence-corrected chi connectivity index (χ2v) is 17.3. The molecular formula is C20H44BO6PSi. The first-order valence-corrected chi connectivity index (χ1v) is 15.5. The van der Waals surface area contributed by atoms with Crippen molar-refractivity contribution in [1.29, 1.82) is 0 Å². The molecule has 6 nitrogen and oxygen atoms in total. The van der Waals surface area contributed by atoms with Gasteiger partial charge in [-0.1, -0.05) is 27.2 Å². The van der Waals surface area contributed by atoms with E-state index in [2.05, 4.69) is 61.6 Å². The van der Waals surface area contributed by atoms with Gasteiger partial charge in [0.15, 0.2) is 8.32 Å². The third-order valence-electron chi connectivity index (χ3n) is 6.40. The first-order chi connectivity index (χ1) is 13.0. The third kappa shape index (κ3) is 6.90. The minimum Gasteiger partial charge on any atom is -0.403 e. The van der Waals surface area contributed by atoms with Crippen LogP contribution in [0.4, 0.5) is 0 Å². The number of rotatable bonds is 11. The van der Waals surface area contributed by atoms with Crippen LogP contribution in [0, 0.1) is 0 Å². The van der Waals surface area contributed by atoms with Crippen LogP contribution in [0.25, 0.3) is 0 Å². The topological polar surface area (TPSA) is 63.2 Å². The molecule has 0 aromatic carbocycles. The molecule has 0 aromatic rings. The highest BCUT2D eigenvalue weighted by Gasteiger charge is 2.51. The highest BCUT2D eigenvalue weighted by atomic mass is 31.2. The van der Waals surface area contributed by atoms with Crippen LogP contribution in [0.2, 0.25) is 24.5 Å². The molecule has 0 bridgehead atoms. The van der Waals surface area contributed by atoms with Crippen molar-refractivity contribution < 1.29 is 27.3 Å². The van der Waals surface area contributed by atoms with Gasteiger partial charge >= 0.3 is 14.7 Å². The summed E-state index contributed by atoms with van der Waals surface area (Å²) in [6, 6.07) is 0. The van der Waals surface area contributed by atoms with E-state index in [0.717, 1.165) is 6.42 Å². The molecule has 9 heteroatoms. The highest BCUT2D eigenvalue weighted by Crippen LogP contribution is 2.57. The predicted molar refractivity (Wildman–Crippen MR) is 123 cm³/mol. The van der Waals surface area contributed by atoms with Crippen LogP contribution in [0.15, 0.2) is 0 Å². The van der Waals surface area contributed by atoms with Gasteiger partial charge in [-0.25, -0.2) is 0 Å². The second kappa shape index (κ2) is 9.85. The third-order valence-corrected chi connectivity index (χ3v) is 13.4. The summed E-state index contributed by atoms with van der Waals surface area (Å²) in [5.74, 6) is -0.578. The molecule has 0 N–H and O–H groups in total. The number of hydrogen-bond donors (Lipinski definition) is 0. The van der Waals surface area contributed by atoms with Crippen molar-refractivity contribution in [2.24, 2.45) is 0 Å². The smallest absolute Gasteiger partial charge is 0.403 e. The van der Waals surface area contributed by atoms with Crippen molar-refractivity contribution in [3.8, 4) is 0 Å². The van der Waals surface area contributed by atoms with E-state index in [1.54, 1.807) is 0 Å². The average molecular weight is 450 g/mol. The van der Waals surface area contributed by atoms with Crippen molar-refractivity contribution in [1.82, 2.24) is 0 Å². The zero-order chi connectivity index (χ0) is 22.7. The summed E-state index contributed by atoms with van der Waals surface area (Å²) in [4.78, 5) is 0. The Labute approximate surface area is 180 Å². The molecule has 1 rings (SSSR count). The number of hydrogen-bond acceptors (Lipinski definition) is 6. The zero-order valence-corrected chi connectivity index (χ0v) is 22.5. The monoisotopic (exact) mass is 450 g/mol. The minimum atomic E-state index is -3.38. The molecule has 0 aromatic heterocycles. The SMILES string of the molecule is CCOP(=O)(OCC)C(CCCB1OC(C)(C)C(C)(C)O1)O[Si](C)(C)C(C)(C)C. The highest BCUT2D eigenvalue weighted by molar-refractivity contribution is 7.54. The Morgan fingerprint density at radius 3 is 1.83 bits per heavy atom. The molecule has 0 aliphatic carbocycles. The average Bonchev–Trinajstić information content (AvgIpc) is 2.72. The van der Waals surface area contributed by atoms with E-state index in [-0.39, 0.29) is 23.4 Å². The molecule has 1 aliphatic heterocycles. The van der Waals surface area contributed by atoms with E-state index in [1.165, 1.54) is 0 Å². The van der Waals surface area contributed by atoms with Crippen LogP contribution >= 0.6 is 7.60 Å². The quantitative estimate of drug-likeness (QED) is 0.265. The van der Waals surface area contributed by atoms with Crippen molar-refractivity contribution >= 4 is 23.0 Å². The molecule has 1 atom stereocenters. The van der Waals surface area contributed by atoms with Crippen LogP contribution < -0.4 is 0 Å². The van der Waals surface area contributed by atoms with Crippen molar-refractivity contribution in [2.45, 2.75) is 117 Å². The maximum Gasteiger partial charge on any atom is 0.457 e. The van der Waals surface area contributed by atoms with Crippen molar-refractivity contribution in [2.75, 3.05) is 13.2 Å². The van der Waals surface area contributed by atoms with Gasteiger partial charge in [-0.05, 0) is 72.4 Å². The Balaban J connectivity index is 2.91. The lowest BCUT2D eigenvalue weighted by Crippen LogP contribution is -2.44. The summed E-state index contributed by atoms with van der Waals surface area (Å²) < 4.78 is 43.6. The lowest BCUT2D eigenvalue weighted by atomic mass is 9.82. The molecule has 1 fully saturated rings. The fourth-order valence-corrected chi connectivity index (χ4v) is 6.99. The molecule has 1 aliphatic rings. The van der Waals surface area contributed by atoms with Crippen LogP contribution in [0.1, 0.15) is 75.2 Å². The molecule has 0 amide bonds. The van der Waals surface area contributed by atoms with Gasteiger partial charge in [-0.2, -0.15) is 0 Å². The molecule has 172 valence electrons. The van der Waals surface area contributed by atoms with E-state index >= 15 is 0 Å². The van der Waals surface area contributed by atoms with Crippen LogP contribution in [0.3, 0.4) is 0 Å². The summed E-state index contributed by atoms with van der Waals surface area (Å²) >= 11 is 0. The molecular weight excluding hydrogens is 406 g/mol. The van der Waals surface area contributed by atoms with E-state index in [0.29, 0.717) is 26.0 Å². The Hall–Kier alpha value is 0.312. The van der Waals surface area contributed by atoms with Gasteiger partial charge in [0.05, 0.1) is 24.4 Å². The fraction of sp³-hybridized carbons (Fsp3) is 1.00. The molecule has 29 heavy (non-hydrogen) atoms. The fourth-order valence-electron chi connectivity index (χ4n) is 2.90. The summed E-state index contributed by atoms with van der Waals surface area (Å²) in [5, 5.41) is 0.000230. The first kappa shape index (κ1) is 27.3. The first-order valence-electron chi connectivity index (χ1n) is 10.9. The summed E-state index contributed by atoms with van der Waals surface area (Å²) in [5.41, 5.74) is -0.693. The minimum absolute atomic E-state index is 0.000230. The van der Waals surface area contributed by atoms with Crippen molar-refractivity contribution in [3.63, 3.8) is 0 Å². The standard InChI is InChI=1S/C20H44BO6PSi/c1-12-23-28(22,24-13-2)17(25-29(10,11)18(3,4)5)15-14-16-21-26-19(6,7)20(8,9)27-21/h17H,12-16H2,1-11H3. The molecule has 0 saturated carbocycles. The second-order valence-electron chi connectivity index (χ2n) is 10.3. The van der Waals surface area contributed by atoms with Gasteiger partial charge < -0.3 is 22.8 Å². The summed E-state index contributed by atoms with van der Waals surface area (Å²) in [7, 11) is -5.81. The Morgan fingerprint density at radius 1 is 1.00 bits per heavy atom. The molecule has 0 radical (unpaired) electrons. The molecule has 1 unspecified atom stereocenters. The molecule has 1 heterocycles. The maximum atomic E-state index is 13.5. The van der Waals surface area contributed by atoms with Crippen LogP contribution in [0.5, 0.6) is 0 Å². The van der Waals surface area contributed by atoms with Crippen LogP contribution in [-0.4, -0.2) is 45.7 Å². The normalized spacial score (nSPS) is 20.9. The van der Waals surface area contributed by atoms with Gasteiger partial charge in [-0.3, -0.25) is 4.57 Å². The van der Waals surface area contributed by atoms with Gasteiger partial charge in [0.1, 0.15) is 5.85 Å². The van der Waals surface area contributed by atoms with E-state index in [9.17, 15) is 4.57 Å². The predicted octanol–water partition coefficient (Wildman–Crippen LogP) is 6.47. The van der Waals surface area contributed by atoms with E-state index in [4.69, 9.17) is 22.8 Å². The van der Waals surface area contributed by atoms with Gasteiger partial charge in [-0.15, -0.1) is 0 Å². The summed E-state index contributed by atoms with van der Waals surface area (Å²) in [6.45, 7) is 23.4. The van der Waals surface area contributed by atoms with E-state index < -0.39 is 21.8 Å². The Bertz CT molecular complexity index is 550. The summed E-state index contributed by atoms with van der Waals surface area (Å²) in [6.07, 6.45) is 2.04. The molecule has 0 spiro atoms. The zero-order valence-electron chi connectivity index (χ0n) is 20.6. The van der Waals surface area contributed by atoms with Crippen molar-refractivity contribution in [3.05, 3.63) is 0 Å². The molecule has 1 saturated heterocycles. The Kier molecular flexibility index (Phi) is 9.28. The maximum absolute atomic E-state index is 13.5. The van der Waals surface area contributed by atoms with E-state index in [1.807, 2.05) is 13.8 Å². The lowest BCUT2D eigenvalue weighted by molar-refractivity contribution is 0.00578. The van der Waals surface area contributed by atoms with Gasteiger partial charge in [0, 0.05) is 0 Å². The van der Waals surface area contributed by atoms with Crippen LogP contribution in [-0.2, 0) is 27.3 Å². The van der Waals surface area contributed by atoms with Gasteiger partial charge in [0.2, 0.25) is 0 Å². The van der Waals surface area contributed by atoms with Gasteiger partial charge in [0.25, 0.3) is 0 Å². The Morgan fingerprint density at radius 2 is 1.45 bits per heavy atom.